The van der Waals surface area contributed by atoms with Crippen molar-refractivity contribution in [3.05, 3.63) is 0 Å². The molecule has 0 N–H and O–H groups in total. The van der Waals surface area contributed by atoms with Crippen molar-refractivity contribution in [1.29, 1.82) is 0 Å². The van der Waals surface area contributed by atoms with Crippen LogP contribution < -0.4 is 0 Å². The second kappa shape index (κ2) is 4.13. The largest absolute Gasteiger partial charge is 0.424 e. The molecule has 0 atom stereocenters. The Balaban J connectivity index is 2.71. The zero-order chi connectivity index (χ0) is 10.3. The molecule has 0 aromatic rings. The molecule has 0 saturated carbocycles. The van der Waals surface area contributed by atoms with E-state index in [1.807, 2.05) is 0 Å². The maximum absolute atomic E-state index is 6.01. The molecule has 2 nitrogen and oxygen atoms in total. The minimum Gasteiger partial charge on any atom is -0.424 e. The molecule has 0 radical (unpaired) electrons. The van der Waals surface area contributed by atoms with Crippen LogP contribution in [0.5, 0.6) is 0 Å². The summed E-state index contributed by atoms with van der Waals surface area (Å²) in [6.45, 7) is 9.26. The summed E-state index contributed by atoms with van der Waals surface area (Å²) in [6.07, 6.45) is 0. The zero-order valence-corrected chi connectivity index (χ0v) is 12.7. The van der Waals surface area contributed by atoms with Crippen LogP contribution in [-0.2, 0) is 9.39 Å². The summed E-state index contributed by atoms with van der Waals surface area (Å²) in [7, 11) is 0. The minimum atomic E-state index is -0.204. The highest BCUT2D eigenvalue weighted by Crippen LogP contribution is 2.35. The molecule has 5 heteroatoms. The molecule has 1 fully saturated rings. The number of hydrogen-bond acceptors (Lipinski definition) is 2. The van der Waals surface area contributed by atoms with E-state index in [4.69, 9.17) is 9.39 Å². The zero-order valence-electron chi connectivity index (χ0n) is 8.43. The van der Waals surface area contributed by atoms with E-state index in [0.29, 0.717) is 8.34 Å². The average molecular weight is 408 g/mol. The predicted octanol–water partition coefficient (Wildman–Crippen LogP) is 2.86. The molecule has 13 heavy (non-hydrogen) atoms. The molecular weight excluding hydrogens is 393 g/mol. The quantitative estimate of drug-likeness (QED) is 0.378. The topological polar surface area (TPSA) is 18.5 Å². The molecule has 0 aliphatic carbocycles. The van der Waals surface area contributed by atoms with Gasteiger partial charge >= 0.3 is 6.92 Å². The number of hydrogen-bond donors (Lipinski definition) is 0. The summed E-state index contributed by atoms with van der Waals surface area (Å²) in [6, 6.07) is 0. The Morgan fingerprint density at radius 3 is 2.08 bits per heavy atom. The lowest BCUT2D eigenvalue weighted by molar-refractivity contribution is -0.153. The second-order valence-electron chi connectivity index (χ2n) is 4.32. The van der Waals surface area contributed by atoms with Gasteiger partial charge in [0.2, 0.25) is 0 Å². The monoisotopic (exact) mass is 408 g/mol. The average Bonchev–Trinajstić information content (AvgIpc) is 1.94. The smallest absolute Gasteiger partial charge is 0.342 e. The third kappa shape index (κ3) is 2.72. The Labute approximate surface area is 108 Å². The fraction of sp³-hybridized carbons (Fsp3) is 1.00. The highest BCUT2D eigenvalue weighted by molar-refractivity contribution is 14.2. The van der Waals surface area contributed by atoms with Crippen molar-refractivity contribution in [2.45, 2.75) is 40.7 Å². The summed E-state index contributed by atoms with van der Waals surface area (Å²) >= 11 is 4.74. The molecule has 1 heterocycles. The van der Waals surface area contributed by atoms with E-state index in [1.165, 1.54) is 0 Å². The van der Waals surface area contributed by atoms with Crippen LogP contribution in [0.15, 0.2) is 0 Å². The predicted molar refractivity (Wildman–Crippen MR) is 72.8 cm³/mol. The van der Waals surface area contributed by atoms with E-state index >= 15 is 0 Å². The SMILES string of the molecule is CC1(C)OCB(C(I)I)OC1(C)C. The lowest BCUT2D eigenvalue weighted by Crippen LogP contribution is -2.60. The Hall–Kier alpha value is 1.44. The fourth-order valence-electron chi connectivity index (χ4n) is 1.14. The maximum Gasteiger partial charge on any atom is 0.342 e. The van der Waals surface area contributed by atoms with E-state index in [9.17, 15) is 0 Å². The van der Waals surface area contributed by atoms with Crippen LogP contribution in [0.2, 0.25) is 0 Å². The van der Waals surface area contributed by atoms with E-state index < -0.39 is 0 Å². The summed E-state index contributed by atoms with van der Waals surface area (Å²) < 4.78 is 12.3. The van der Waals surface area contributed by atoms with Gasteiger partial charge in [0.1, 0.15) is 0 Å². The first-order chi connectivity index (χ1) is 5.76. The number of rotatable bonds is 1. The molecule has 0 unspecified atom stereocenters. The Bertz CT molecular complexity index is 195. The molecule has 1 aliphatic heterocycles. The van der Waals surface area contributed by atoms with Gasteiger partial charge in [-0.3, -0.25) is 0 Å². The standard InChI is InChI=1S/C8H15BI2O2/c1-7(2)8(3,4)13-9(5-12-7)6(10)11/h6H,5H2,1-4H3. The molecule has 0 bridgehead atoms. The maximum atomic E-state index is 6.01. The van der Waals surface area contributed by atoms with Crippen molar-refractivity contribution in [2.75, 3.05) is 6.51 Å². The molecule has 0 aromatic carbocycles. The van der Waals surface area contributed by atoms with Crippen molar-refractivity contribution in [1.82, 2.24) is 0 Å². The summed E-state index contributed by atoms with van der Waals surface area (Å²) in [5.41, 5.74) is -0.393. The van der Waals surface area contributed by atoms with Gasteiger partial charge in [0.05, 0.1) is 19.5 Å². The Morgan fingerprint density at radius 2 is 1.69 bits per heavy atom. The van der Waals surface area contributed by atoms with Gasteiger partial charge in [-0.25, -0.2) is 0 Å². The van der Waals surface area contributed by atoms with Crippen LogP contribution in [0.3, 0.4) is 0 Å². The van der Waals surface area contributed by atoms with Gasteiger partial charge in [-0.15, -0.1) is 0 Å². The molecule has 1 rings (SSSR count). The van der Waals surface area contributed by atoms with Crippen LogP contribution in [0.25, 0.3) is 0 Å². The third-order valence-electron chi connectivity index (χ3n) is 2.79. The van der Waals surface area contributed by atoms with E-state index in [0.717, 1.165) is 0 Å². The lowest BCUT2D eigenvalue weighted by atomic mass is 9.68. The van der Waals surface area contributed by atoms with E-state index in [-0.39, 0.29) is 18.1 Å². The normalized spacial score (nSPS) is 26.5. The van der Waals surface area contributed by atoms with E-state index in [2.05, 4.69) is 72.9 Å². The van der Waals surface area contributed by atoms with Gasteiger partial charge in [-0.2, -0.15) is 0 Å². The summed E-state index contributed by atoms with van der Waals surface area (Å²) in [4.78, 5) is 0. The van der Waals surface area contributed by atoms with Crippen molar-refractivity contribution in [2.24, 2.45) is 0 Å². The lowest BCUT2D eigenvalue weighted by Gasteiger charge is -2.48. The van der Waals surface area contributed by atoms with Gasteiger partial charge in [-0.1, -0.05) is 45.2 Å². The first-order valence-corrected chi connectivity index (χ1v) is 6.85. The van der Waals surface area contributed by atoms with Crippen LogP contribution in [0.4, 0.5) is 0 Å². The van der Waals surface area contributed by atoms with Crippen molar-refractivity contribution < 1.29 is 9.39 Å². The highest BCUT2D eigenvalue weighted by atomic mass is 127. The van der Waals surface area contributed by atoms with Crippen LogP contribution in [0, 0.1) is 0 Å². The molecule has 0 amide bonds. The Kier molecular flexibility index (Phi) is 3.98. The van der Waals surface area contributed by atoms with Gasteiger partial charge in [-0.05, 0) is 27.7 Å². The molecule has 1 saturated heterocycles. The van der Waals surface area contributed by atoms with Gasteiger partial charge < -0.3 is 9.39 Å². The van der Waals surface area contributed by atoms with Crippen molar-refractivity contribution in [3.63, 3.8) is 0 Å². The van der Waals surface area contributed by atoms with Crippen LogP contribution in [-0.4, -0.2) is 26.5 Å². The number of ether oxygens (including phenoxy) is 1. The van der Waals surface area contributed by atoms with Crippen molar-refractivity contribution >= 4 is 52.1 Å². The van der Waals surface area contributed by atoms with Crippen molar-refractivity contribution in [3.8, 4) is 0 Å². The molecule has 0 aromatic heterocycles. The van der Waals surface area contributed by atoms with Gasteiger partial charge in [0.25, 0.3) is 0 Å². The Morgan fingerprint density at radius 1 is 1.15 bits per heavy atom. The number of alkyl halides is 2. The minimum absolute atomic E-state index is 0.189. The van der Waals surface area contributed by atoms with Gasteiger partial charge in [0.15, 0.2) is 0 Å². The molecule has 76 valence electrons. The molecular formula is C8H15BI2O2. The first-order valence-electron chi connectivity index (χ1n) is 4.36. The summed E-state index contributed by atoms with van der Waals surface area (Å²) in [5.74, 6) is 0. The van der Waals surface area contributed by atoms with E-state index in [1.54, 1.807) is 0 Å². The first kappa shape index (κ1) is 12.5. The molecule has 0 spiro atoms. The number of halogens is 2. The third-order valence-corrected chi connectivity index (χ3v) is 4.39. The second-order valence-corrected chi connectivity index (χ2v) is 9.39. The molecule has 1 aliphatic rings. The highest BCUT2D eigenvalue weighted by Gasteiger charge is 2.47. The van der Waals surface area contributed by atoms with Gasteiger partial charge in [0, 0.05) is 0 Å². The fourth-order valence-corrected chi connectivity index (χ4v) is 1.85. The van der Waals surface area contributed by atoms with Crippen LogP contribution >= 0.6 is 45.2 Å². The van der Waals surface area contributed by atoms with Crippen LogP contribution in [0.1, 0.15) is 27.7 Å². The summed E-state index contributed by atoms with van der Waals surface area (Å²) in [5, 5.41) is 0.